The van der Waals surface area contributed by atoms with Gasteiger partial charge in [0.25, 0.3) is 0 Å². The van der Waals surface area contributed by atoms with Crippen molar-refractivity contribution in [3.05, 3.63) is 35.4 Å². The molecule has 1 aliphatic heterocycles. The van der Waals surface area contributed by atoms with Crippen LogP contribution >= 0.6 is 0 Å². The van der Waals surface area contributed by atoms with Crippen molar-refractivity contribution in [2.75, 3.05) is 69.3 Å². The number of rotatable bonds is 17. The molecular weight excluding hydrogens is 436 g/mol. The first-order valence-corrected chi connectivity index (χ1v) is 10.8. The molecule has 0 aliphatic carbocycles. The molecule has 2 unspecified atom stereocenters. The Kier molecular flexibility index (Phi) is 14.0. The summed E-state index contributed by atoms with van der Waals surface area (Å²) >= 11 is 0. The molecule has 1 aromatic rings. The van der Waals surface area contributed by atoms with Crippen LogP contribution in [0.15, 0.2) is 24.3 Å². The summed E-state index contributed by atoms with van der Waals surface area (Å²) in [5, 5.41) is 0. The predicted molar refractivity (Wildman–Crippen MR) is 118 cm³/mol. The summed E-state index contributed by atoms with van der Waals surface area (Å²) in [4.78, 5) is 0. The summed E-state index contributed by atoms with van der Waals surface area (Å²) in [6, 6.07) is 8.19. The van der Waals surface area contributed by atoms with Crippen molar-refractivity contribution >= 4 is 0 Å². The standard InChI is InChI=1S/C23H38O10/c1-24-11-18-8-6-17(7-9-18)10-19-21(30-14-26-3)23(32-16-28-5)22(31-15-27-4)20(33-19)12-29-13-25-2/h6-9,19-23H,10-16H2,1-5H3/t19-,20?,21?,22+,23+/m0/s1. The minimum atomic E-state index is -0.529. The van der Waals surface area contributed by atoms with Crippen LogP contribution in [-0.4, -0.2) is 99.8 Å². The molecule has 33 heavy (non-hydrogen) atoms. The van der Waals surface area contributed by atoms with Gasteiger partial charge < -0.3 is 47.4 Å². The lowest BCUT2D eigenvalue weighted by atomic mass is 9.91. The van der Waals surface area contributed by atoms with E-state index >= 15 is 0 Å². The maximum Gasteiger partial charge on any atom is 0.146 e. The molecule has 0 saturated carbocycles. The van der Waals surface area contributed by atoms with Crippen molar-refractivity contribution in [2.45, 2.75) is 43.5 Å². The molecule has 0 amide bonds. The molecule has 1 fully saturated rings. The molecule has 0 N–H and O–H groups in total. The first-order chi connectivity index (χ1) is 16.2. The molecule has 0 bridgehead atoms. The van der Waals surface area contributed by atoms with Gasteiger partial charge in [-0.25, -0.2) is 0 Å². The number of methoxy groups -OCH3 is 5. The molecule has 1 aromatic carbocycles. The molecular formula is C23H38O10. The van der Waals surface area contributed by atoms with Gasteiger partial charge in [0.15, 0.2) is 0 Å². The zero-order valence-corrected chi connectivity index (χ0v) is 20.2. The Balaban J connectivity index is 2.28. The van der Waals surface area contributed by atoms with Crippen molar-refractivity contribution in [1.82, 2.24) is 0 Å². The van der Waals surface area contributed by atoms with Crippen LogP contribution in [-0.2, 0) is 60.4 Å². The third-order valence-electron chi connectivity index (χ3n) is 5.12. The lowest BCUT2D eigenvalue weighted by Gasteiger charge is -2.46. The lowest BCUT2D eigenvalue weighted by Crippen LogP contribution is -2.62. The fourth-order valence-electron chi connectivity index (χ4n) is 3.74. The second-order valence-corrected chi connectivity index (χ2v) is 7.56. The van der Waals surface area contributed by atoms with Crippen LogP contribution in [0.1, 0.15) is 11.1 Å². The van der Waals surface area contributed by atoms with E-state index in [1.165, 1.54) is 0 Å². The van der Waals surface area contributed by atoms with Crippen molar-refractivity contribution in [3.8, 4) is 0 Å². The molecule has 1 saturated heterocycles. The smallest absolute Gasteiger partial charge is 0.146 e. The number of benzene rings is 1. The average Bonchev–Trinajstić information content (AvgIpc) is 2.83. The van der Waals surface area contributed by atoms with E-state index in [1.54, 1.807) is 35.5 Å². The maximum absolute atomic E-state index is 6.46. The summed E-state index contributed by atoms with van der Waals surface area (Å²) in [7, 11) is 7.93. The molecule has 10 heteroatoms. The van der Waals surface area contributed by atoms with Crippen molar-refractivity contribution in [1.29, 1.82) is 0 Å². The molecule has 0 spiro atoms. The predicted octanol–water partition coefficient (Wildman–Crippen LogP) is 1.73. The highest BCUT2D eigenvalue weighted by atomic mass is 16.7. The van der Waals surface area contributed by atoms with Crippen molar-refractivity contribution in [2.24, 2.45) is 0 Å². The van der Waals surface area contributed by atoms with Crippen molar-refractivity contribution in [3.63, 3.8) is 0 Å². The minimum Gasteiger partial charge on any atom is -0.380 e. The monoisotopic (exact) mass is 474 g/mol. The first-order valence-electron chi connectivity index (χ1n) is 10.8. The van der Waals surface area contributed by atoms with Gasteiger partial charge >= 0.3 is 0 Å². The highest BCUT2D eigenvalue weighted by Crippen LogP contribution is 2.30. The summed E-state index contributed by atoms with van der Waals surface area (Å²) in [5.74, 6) is 0. The Bertz CT molecular complexity index is 614. The van der Waals surface area contributed by atoms with Gasteiger partial charge in [0.05, 0.1) is 19.3 Å². The highest BCUT2D eigenvalue weighted by Gasteiger charge is 2.48. The Hall–Kier alpha value is -1.18. The van der Waals surface area contributed by atoms with E-state index in [9.17, 15) is 0 Å². The van der Waals surface area contributed by atoms with Crippen LogP contribution < -0.4 is 0 Å². The lowest BCUT2D eigenvalue weighted by molar-refractivity contribution is -0.297. The Morgan fingerprint density at radius 3 is 1.67 bits per heavy atom. The second kappa shape index (κ2) is 16.4. The van der Waals surface area contributed by atoms with E-state index in [0.29, 0.717) is 13.0 Å². The molecule has 2 rings (SSSR count). The van der Waals surface area contributed by atoms with E-state index in [4.69, 9.17) is 47.4 Å². The van der Waals surface area contributed by atoms with Crippen LogP contribution in [0.4, 0.5) is 0 Å². The first kappa shape index (κ1) is 28.1. The van der Waals surface area contributed by atoms with Gasteiger partial charge in [0.2, 0.25) is 0 Å². The molecule has 1 aliphatic rings. The minimum absolute atomic E-state index is 0.0598. The molecule has 5 atom stereocenters. The van der Waals surface area contributed by atoms with Gasteiger partial charge in [0.1, 0.15) is 51.6 Å². The average molecular weight is 475 g/mol. The van der Waals surface area contributed by atoms with E-state index in [-0.39, 0.29) is 39.9 Å². The highest BCUT2D eigenvalue weighted by molar-refractivity contribution is 5.23. The fraction of sp³-hybridized carbons (Fsp3) is 0.739. The van der Waals surface area contributed by atoms with Gasteiger partial charge in [-0.05, 0) is 11.1 Å². The van der Waals surface area contributed by atoms with Gasteiger partial charge in [-0.1, -0.05) is 24.3 Å². The summed E-state index contributed by atoms with van der Waals surface area (Å²) in [6.45, 7) is 1.14. The van der Waals surface area contributed by atoms with E-state index in [1.807, 2.05) is 12.1 Å². The normalized spacial score (nSPS) is 25.4. The third kappa shape index (κ3) is 9.18. The third-order valence-corrected chi connectivity index (χ3v) is 5.12. The van der Waals surface area contributed by atoms with Crippen molar-refractivity contribution < 1.29 is 47.4 Å². The van der Waals surface area contributed by atoms with Crippen LogP contribution in [0.3, 0.4) is 0 Å². The van der Waals surface area contributed by atoms with Crippen LogP contribution in [0, 0.1) is 0 Å². The molecule has 190 valence electrons. The molecule has 1 heterocycles. The summed E-state index contributed by atoms with van der Waals surface area (Å²) in [6.07, 6.45) is -1.74. The van der Waals surface area contributed by atoms with Crippen LogP contribution in [0.2, 0.25) is 0 Å². The second-order valence-electron chi connectivity index (χ2n) is 7.56. The maximum atomic E-state index is 6.46. The topological polar surface area (TPSA) is 92.3 Å². The van der Waals surface area contributed by atoms with E-state index < -0.39 is 24.4 Å². The zero-order valence-electron chi connectivity index (χ0n) is 20.2. The summed E-state index contributed by atoms with van der Waals surface area (Å²) < 4.78 is 55.8. The SMILES string of the molecule is COCOCC1O[C@@H](Cc2ccc(COC)cc2)C(OCOC)[C@@H](OCOC)[C@@H]1OCOC. The Morgan fingerprint density at radius 2 is 1.12 bits per heavy atom. The Labute approximate surface area is 196 Å². The van der Waals surface area contributed by atoms with Gasteiger partial charge in [-0.2, -0.15) is 0 Å². The number of ether oxygens (including phenoxy) is 10. The molecule has 0 radical (unpaired) electrons. The Morgan fingerprint density at radius 1 is 0.606 bits per heavy atom. The fourth-order valence-corrected chi connectivity index (χ4v) is 3.74. The van der Waals surface area contributed by atoms with E-state index in [0.717, 1.165) is 11.1 Å². The summed E-state index contributed by atoms with van der Waals surface area (Å²) in [5.41, 5.74) is 2.18. The number of hydrogen-bond donors (Lipinski definition) is 0. The van der Waals surface area contributed by atoms with Crippen LogP contribution in [0.5, 0.6) is 0 Å². The largest absolute Gasteiger partial charge is 0.380 e. The van der Waals surface area contributed by atoms with Gasteiger partial charge in [-0.3, -0.25) is 0 Å². The molecule has 0 aromatic heterocycles. The van der Waals surface area contributed by atoms with E-state index in [2.05, 4.69) is 12.1 Å². The number of hydrogen-bond acceptors (Lipinski definition) is 10. The zero-order chi connectivity index (χ0) is 23.9. The quantitative estimate of drug-likeness (QED) is 0.245. The van der Waals surface area contributed by atoms with Crippen LogP contribution in [0.25, 0.3) is 0 Å². The molecule has 10 nitrogen and oxygen atoms in total. The van der Waals surface area contributed by atoms with Gasteiger partial charge in [-0.15, -0.1) is 0 Å². The van der Waals surface area contributed by atoms with Gasteiger partial charge in [0, 0.05) is 42.0 Å².